The van der Waals surface area contributed by atoms with Crippen molar-refractivity contribution in [3.63, 3.8) is 0 Å². The van der Waals surface area contributed by atoms with Crippen molar-refractivity contribution in [3.05, 3.63) is 52.5 Å². The number of methoxy groups -OCH3 is 1. The molecular weight excluding hydrogens is 338 g/mol. The van der Waals surface area contributed by atoms with Crippen molar-refractivity contribution >= 4 is 0 Å². The van der Waals surface area contributed by atoms with Crippen molar-refractivity contribution in [3.8, 4) is 28.8 Å². The summed E-state index contributed by atoms with van der Waals surface area (Å²) in [5.74, 6) is 1.55. The van der Waals surface area contributed by atoms with E-state index >= 15 is 0 Å². The van der Waals surface area contributed by atoms with Gasteiger partial charge in [0.05, 0.1) is 29.6 Å². The molecule has 0 unspecified atom stereocenters. The molecule has 1 aliphatic rings. The van der Waals surface area contributed by atoms with Crippen LogP contribution in [-0.4, -0.2) is 16.8 Å². The maximum Gasteiger partial charge on any atom is 0.143 e. The average Bonchev–Trinajstić information content (AvgIpc) is 3.37. The molecular formula is C22H25N3O2. The third kappa shape index (κ3) is 3.02. The average molecular weight is 363 g/mol. The second-order valence-electron chi connectivity index (χ2n) is 6.35. The molecule has 0 saturated carbocycles. The fraction of sp³-hybridized carbons (Fsp3) is 0.364. The van der Waals surface area contributed by atoms with Gasteiger partial charge in [-0.05, 0) is 62.9 Å². The molecule has 0 saturated heterocycles. The minimum Gasteiger partial charge on any atom is -0.497 e. The van der Waals surface area contributed by atoms with Gasteiger partial charge in [-0.3, -0.25) is 0 Å². The second-order valence-corrected chi connectivity index (χ2v) is 6.35. The first-order valence-corrected chi connectivity index (χ1v) is 9.40. The van der Waals surface area contributed by atoms with Crippen LogP contribution in [0.5, 0.6) is 5.75 Å². The lowest BCUT2D eigenvalue weighted by Crippen LogP contribution is -2.03. The van der Waals surface area contributed by atoms with Gasteiger partial charge in [-0.2, -0.15) is 5.26 Å². The lowest BCUT2D eigenvalue weighted by molar-refractivity contribution is 0.393. The van der Waals surface area contributed by atoms with Crippen LogP contribution in [-0.2, 0) is 12.8 Å². The number of hydrogen-bond acceptors (Lipinski definition) is 4. The Labute approximate surface area is 160 Å². The zero-order valence-electron chi connectivity index (χ0n) is 16.6. The monoisotopic (exact) mass is 363 g/mol. The van der Waals surface area contributed by atoms with Gasteiger partial charge >= 0.3 is 0 Å². The van der Waals surface area contributed by atoms with Crippen molar-refractivity contribution < 1.29 is 9.26 Å². The van der Waals surface area contributed by atoms with E-state index in [-0.39, 0.29) is 0 Å². The van der Waals surface area contributed by atoms with E-state index < -0.39 is 0 Å². The third-order valence-corrected chi connectivity index (χ3v) is 4.93. The molecule has 5 heteroatoms. The number of rotatable bonds is 3. The summed E-state index contributed by atoms with van der Waals surface area (Å²) in [5, 5.41) is 14.0. The van der Waals surface area contributed by atoms with Crippen molar-refractivity contribution in [2.45, 2.75) is 47.0 Å². The number of aryl methyl sites for hydroxylation is 2. The number of nitriles is 1. The van der Waals surface area contributed by atoms with Crippen molar-refractivity contribution in [1.82, 2.24) is 9.72 Å². The molecule has 5 nitrogen and oxygen atoms in total. The Balaban J connectivity index is 0.00000102. The van der Waals surface area contributed by atoms with Crippen LogP contribution in [0, 0.1) is 25.2 Å². The van der Waals surface area contributed by atoms with Gasteiger partial charge in [0, 0.05) is 11.4 Å². The number of aromatic nitrogens is 2. The summed E-state index contributed by atoms with van der Waals surface area (Å²) in [6.07, 6.45) is 2.99. The van der Waals surface area contributed by atoms with Crippen LogP contribution < -0.4 is 4.74 Å². The fourth-order valence-corrected chi connectivity index (χ4v) is 3.83. The Morgan fingerprint density at radius 1 is 1.15 bits per heavy atom. The number of nitrogens with zero attached hydrogens (tertiary/aromatic N) is 3. The number of benzene rings is 1. The van der Waals surface area contributed by atoms with Gasteiger partial charge in [-0.15, -0.1) is 0 Å². The van der Waals surface area contributed by atoms with E-state index in [4.69, 9.17) is 9.26 Å². The molecule has 0 N–H and O–H groups in total. The van der Waals surface area contributed by atoms with E-state index in [0.717, 1.165) is 64.5 Å². The molecule has 0 spiro atoms. The Hall–Kier alpha value is -3.00. The van der Waals surface area contributed by atoms with E-state index in [1.54, 1.807) is 7.11 Å². The SMILES string of the molecule is CC.COc1ccc(-n2c3c(c(C#N)c2-c2c(C)noc2C)CCC3)cc1. The second kappa shape index (κ2) is 7.71. The third-order valence-electron chi connectivity index (χ3n) is 4.93. The zero-order valence-corrected chi connectivity index (χ0v) is 16.6. The van der Waals surface area contributed by atoms with E-state index in [9.17, 15) is 5.26 Å². The van der Waals surface area contributed by atoms with Crippen LogP contribution in [0.25, 0.3) is 16.9 Å². The predicted molar refractivity (Wildman–Crippen MR) is 105 cm³/mol. The molecule has 4 rings (SSSR count). The number of fused-ring (bicyclic) bond motifs is 1. The van der Waals surface area contributed by atoms with Crippen molar-refractivity contribution in [2.24, 2.45) is 0 Å². The van der Waals surface area contributed by atoms with Gasteiger partial charge < -0.3 is 13.8 Å². The minimum absolute atomic E-state index is 0.736. The first-order chi connectivity index (χ1) is 13.2. The summed E-state index contributed by atoms with van der Waals surface area (Å²) in [6, 6.07) is 10.4. The van der Waals surface area contributed by atoms with Gasteiger partial charge in [0.2, 0.25) is 0 Å². The van der Waals surface area contributed by atoms with Gasteiger partial charge in [0.1, 0.15) is 17.6 Å². The highest BCUT2D eigenvalue weighted by molar-refractivity contribution is 5.77. The van der Waals surface area contributed by atoms with Gasteiger partial charge in [0.25, 0.3) is 0 Å². The summed E-state index contributed by atoms with van der Waals surface area (Å²) < 4.78 is 12.9. The van der Waals surface area contributed by atoms with Crippen LogP contribution in [0.15, 0.2) is 28.8 Å². The summed E-state index contributed by atoms with van der Waals surface area (Å²) in [5.41, 5.74) is 6.77. The van der Waals surface area contributed by atoms with Crippen LogP contribution in [0.2, 0.25) is 0 Å². The zero-order chi connectivity index (χ0) is 19.6. The maximum atomic E-state index is 9.87. The molecule has 140 valence electrons. The van der Waals surface area contributed by atoms with E-state index in [0.29, 0.717) is 0 Å². The summed E-state index contributed by atoms with van der Waals surface area (Å²) in [4.78, 5) is 0. The van der Waals surface area contributed by atoms with Crippen molar-refractivity contribution in [1.29, 1.82) is 5.26 Å². The Kier molecular flexibility index (Phi) is 5.36. The Bertz CT molecular complexity index is 969. The first-order valence-electron chi connectivity index (χ1n) is 9.40. The topological polar surface area (TPSA) is 64.0 Å². The molecule has 27 heavy (non-hydrogen) atoms. The normalized spacial score (nSPS) is 12.1. The highest BCUT2D eigenvalue weighted by atomic mass is 16.5. The molecule has 0 aliphatic heterocycles. The quantitative estimate of drug-likeness (QED) is 0.646. The highest BCUT2D eigenvalue weighted by Gasteiger charge is 2.30. The molecule has 2 heterocycles. The Morgan fingerprint density at radius 2 is 1.85 bits per heavy atom. The lowest BCUT2D eigenvalue weighted by atomic mass is 10.0. The number of hydrogen-bond donors (Lipinski definition) is 0. The van der Waals surface area contributed by atoms with E-state index in [2.05, 4.69) is 15.8 Å². The molecule has 1 aliphatic carbocycles. The smallest absolute Gasteiger partial charge is 0.143 e. The van der Waals surface area contributed by atoms with E-state index in [1.165, 1.54) is 5.69 Å². The van der Waals surface area contributed by atoms with Crippen LogP contribution in [0.3, 0.4) is 0 Å². The molecule has 0 fully saturated rings. The molecule has 0 radical (unpaired) electrons. The summed E-state index contributed by atoms with van der Waals surface area (Å²) in [6.45, 7) is 7.82. The van der Waals surface area contributed by atoms with Crippen LogP contribution in [0.4, 0.5) is 0 Å². The van der Waals surface area contributed by atoms with Gasteiger partial charge in [-0.25, -0.2) is 0 Å². The standard InChI is InChI=1S/C20H19N3O2.C2H6/c1-12-19(13(2)25-22-12)20-17(11-21)16-5-4-6-18(16)23(20)14-7-9-15(24-3)10-8-14;1-2/h7-10H,4-6H2,1-3H3;1-2H3. The summed E-state index contributed by atoms with van der Waals surface area (Å²) in [7, 11) is 1.66. The molecule has 0 amide bonds. The largest absolute Gasteiger partial charge is 0.497 e. The highest BCUT2D eigenvalue weighted by Crippen LogP contribution is 2.41. The van der Waals surface area contributed by atoms with E-state index in [1.807, 2.05) is 52.0 Å². The molecule has 0 bridgehead atoms. The number of ether oxygens (including phenoxy) is 1. The molecule has 0 atom stereocenters. The van der Waals surface area contributed by atoms with Crippen LogP contribution in [0.1, 0.15) is 48.5 Å². The van der Waals surface area contributed by atoms with Gasteiger partial charge in [-0.1, -0.05) is 19.0 Å². The molecule has 1 aromatic carbocycles. The first kappa shape index (κ1) is 18.8. The van der Waals surface area contributed by atoms with Gasteiger partial charge in [0.15, 0.2) is 0 Å². The van der Waals surface area contributed by atoms with Crippen molar-refractivity contribution in [2.75, 3.05) is 7.11 Å². The lowest BCUT2D eigenvalue weighted by Gasteiger charge is -2.14. The molecule has 2 aromatic heterocycles. The predicted octanol–water partition coefficient (Wildman–Crippen LogP) is 5.14. The molecule has 3 aromatic rings. The van der Waals surface area contributed by atoms with Crippen LogP contribution >= 0.6 is 0 Å². The minimum atomic E-state index is 0.736. The summed E-state index contributed by atoms with van der Waals surface area (Å²) >= 11 is 0. The Morgan fingerprint density at radius 3 is 2.41 bits per heavy atom. The fourth-order valence-electron chi connectivity index (χ4n) is 3.83. The maximum absolute atomic E-state index is 9.87.